The van der Waals surface area contributed by atoms with Gasteiger partial charge in [-0.25, -0.2) is 79.6 Å². The number of nitrogens with one attached hydrogen (secondary N) is 2. The predicted octanol–water partition coefficient (Wildman–Crippen LogP) is 9.43. The molecule has 0 spiro atoms. The smallest absolute Gasteiger partial charge is 0.357 e. The Kier molecular flexibility index (Phi) is 26.7. The highest BCUT2D eigenvalue weighted by Crippen LogP contribution is 2.51. The first-order valence-corrected chi connectivity index (χ1v) is 39.8. The molecule has 0 fully saturated rings. The number of hydrogen-bond acceptors (Lipinski definition) is 31. The molecule has 17 unspecified atom stereocenters. The molecule has 5 aromatic heterocycles. The zero-order valence-electron chi connectivity index (χ0n) is 62.8. The van der Waals surface area contributed by atoms with E-state index in [1.54, 1.807) is 26.0 Å². The van der Waals surface area contributed by atoms with E-state index in [2.05, 4.69) is 84.9 Å². The number of cyclic esters (lactones) is 1. The number of thioether (sulfide) groups is 1. The van der Waals surface area contributed by atoms with E-state index < -0.39 is 196 Å². The molecule has 9 heterocycles. The minimum atomic E-state index is -2.20. The molecule has 4 aliphatic heterocycles. The average Bonchev–Trinajstić information content (AvgIpc) is 1.50. The molecular formula is C72H85N19O18S5. The molecule has 10 rings (SSSR count). The lowest BCUT2D eigenvalue weighted by molar-refractivity contribution is -0.0698. The quantitative estimate of drug-likeness (QED) is 0.0314. The van der Waals surface area contributed by atoms with Gasteiger partial charge in [-0.2, -0.15) is 0 Å². The number of ether oxygens (including phenoxy) is 1. The van der Waals surface area contributed by atoms with E-state index in [0.29, 0.717) is 6.42 Å². The second-order valence-corrected chi connectivity index (χ2v) is 31.7. The van der Waals surface area contributed by atoms with Crippen molar-refractivity contribution >= 4 is 145 Å². The van der Waals surface area contributed by atoms with Gasteiger partial charge in [-0.3, -0.25) is 20.7 Å². The molecule has 0 radical (unpaired) electrons. The number of aliphatic hydroxyl groups is 16. The third-order valence-electron chi connectivity index (χ3n) is 18.9. The fourth-order valence-corrected chi connectivity index (χ4v) is 16.7. The number of hydrogen-bond donors (Lipinski definition) is 18. The zero-order valence-corrected chi connectivity index (χ0v) is 66.9. The molecule has 0 saturated heterocycles. The van der Waals surface area contributed by atoms with Gasteiger partial charge in [-0.05, 0) is 85.8 Å². The summed E-state index contributed by atoms with van der Waals surface area (Å²) in [6.07, 6.45) is -2.92. The summed E-state index contributed by atoms with van der Waals surface area (Å²) in [6, 6.07) is -11.4. The molecule has 0 amide bonds. The summed E-state index contributed by atoms with van der Waals surface area (Å²) in [6.45, 7) is 25.2. The van der Waals surface area contributed by atoms with E-state index in [1.807, 2.05) is 6.92 Å². The Morgan fingerprint density at radius 2 is 1.46 bits per heavy atom. The van der Waals surface area contributed by atoms with Crippen LogP contribution in [-0.4, -0.2) is 254 Å². The van der Waals surface area contributed by atoms with Crippen molar-refractivity contribution in [3.8, 4) is 0 Å². The summed E-state index contributed by atoms with van der Waals surface area (Å²) < 4.78 is 6.28. The summed E-state index contributed by atoms with van der Waals surface area (Å²) in [5, 5.41) is 201. The molecule has 42 heteroatoms. The maximum atomic E-state index is 15.1. The number of esters is 1. The lowest BCUT2D eigenvalue weighted by Gasteiger charge is -2.37. The highest BCUT2D eigenvalue weighted by atomic mass is 32.2. The number of allylic oxidation sites excluding steroid dienone is 1. The van der Waals surface area contributed by atoms with E-state index in [0.717, 1.165) is 57.1 Å². The van der Waals surface area contributed by atoms with Crippen LogP contribution in [0.2, 0.25) is 0 Å². The fourth-order valence-electron chi connectivity index (χ4n) is 11.9. The minimum absolute atomic E-state index is 0.0242. The topological polar surface area (TPSA) is 599 Å². The summed E-state index contributed by atoms with van der Waals surface area (Å²) in [7, 11) is 0. The summed E-state index contributed by atoms with van der Waals surface area (Å²) in [5.74, 6) is -10.6. The highest BCUT2D eigenvalue weighted by molar-refractivity contribution is 8.14. The third-order valence-corrected chi connectivity index (χ3v) is 23.7. The van der Waals surface area contributed by atoms with E-state index in [-0.39, 0.29) is 94.7 Å². The minimum Gasteiger partial charge on any atom is -0.495 e. The second kappa shape index (κ2) is 35.5. The fraction of sp³-hybridized carbons (Fsp3) is 0.431. The summed E-state index contributed by atoms with van der Waals surface area (Å²) in [4.78, 5) is 91.8. The van der Waals surface area contributed by atoms with Crippen LogP contribution in [0.15, 0.2) is 142 Å². The van der Waals surface area contributed by atoms with Crippen LogP contribution < -0.4 is 5.32 Å². The molecule has 5 aliphatic rings. The lowest BCUT2D eigenvalue weighted by atomic mass is 9.81. The Bertz CT molecular complexity index is 5060. The first-order chi connectivity index (χ1) is 53.7. The van der Waals surface area contributed by atoms with Crippen molar-refractivity contribution in [2.75, 3.05) is 5.75 Å². The van der Waals surface area contributed by atoms with Gasteiger partial charge >= 0.3 is 5.97 Å². The number of rotatable bonds is 12. The van der Waals surface area contributed by atoms with Crippen LogP contribution in [0.25, 0.3) is 6.08 Å². The van der Waals surface area contributed by atoms with Crippen LogP contribution in [0.4, 0.5) is 0 Å². The number of aliphatic hydroxyl groups excluding tert-OH is 15. The maximum Gasteiger partial charge on any atom is 0.357 e. The largest absolute Gasteiger partial charge is 0.495 e. The van der Waals surface area contributed by atoms with Gasteiger partial charge in [0.25, 0.3) is 0 Å². The van der Waals surface area contributed by atoms with Crippen molar-refractivity contribution in [1.29, 1.82) is 5.41 Å². The Morgan fingerprint density at radius 1 is 0.772 bits per heavy atom. The second-order valence-electron chi connectivity index (χ2n) is 27.2. The molecule has 37 nitrogen and oxygen atoms in total. The van der Waals surface area contributed by atoms with Gasteiger partial charge in [0.15, 0.2) is 11.9 Å². The number of thiazole rings is 4. The van der Waals surface area contributed by atoms with Crippen molar-refractivity contribution < 1.29 is 91.2 Å². The average molecular weight is 1660 g/mol. The SMILES string of the molecule is C=C(N=C(O)C(=C)N=C(O)c1csc(C2=NC3c4csc(n4)C4N=C(O)c5csc(n5)C(C(C)(O)C(C)O)N=C(O)C5CSC(=N5)/C(=C/C)N=C(O)C(C(C)O)N=C(O)c5csc(n5)C3(CC2)N=C(O)C(C)N=C(O)C(=C)N=C(O)C(C)N=C(O)C(C(C)CC)NC2C=Cc3c(C(C)O)cc(nc3C2O)C(=O)OC4C)n1)C(=N)O. The number of pyridine rings is 1. The van der Waals surface area contributed by atoms with Crippen LogP contribution >= 0.6 is 57.1 Å². The number of carbonyl (C=O) groups excluding carboxylic acids is 1. The Balaban J connectivity index is 1.25. The van der Waals surface area contributed by atoms with E-state index >= 15 is 4.79 Å². The molecule has 114 heavy (non-hydrogen) atoms. The molecule has 17 atom stereocenters. The van der Waals surface area contributed by atoms with Gasteiger partial charge in [0.2, 0.25) is 59.0 Å². The number of aromatic nitrogens is 5. The van der Waals surface area contributed by atoms with Crippen molar-refractivity contribution in [2.45, 2.75) is 185 Å². The Labute approximate surface area is 671 Å². The van der Waals surface area contributed by atoms with Crippen molar-refractivity contribution in [2.24, 2.45) is 65.8 Å². The van der Waals surface area contributed by atoms with E-state index in [1.165, 1.54) is 82.1 Å². The molecule has 18 N–H and O–H groups in total. The highest BCUT2D eigenvalue weighted by Gasteiger charge is 2.50. The third kappa shape index (κ3) is 18.6. The first-order valence-electron chi connectivity index (χ1n) is 35.3. The molecule has 5 aromatic rings. The lowest BCUT2D eigenvalue weighted by Crippen LogP contribution is -2.49. The molecule has 0 saturated carbocycles. The molecular weight excluding hydrogens is 1580 g/mol. The van der Waals surface area contributed by atoms with E-state index in [9.17, 15) is 81.7 Å². The van der Waals surface area contributed by atoms with Crippen LogP contribution in [0.5, 0.6) is 0 Å². The summed E-state index contributed by atoms with van der Waals surface area (Å²) in [5.41, 5.74) is -6.70. The Hall–Kier alpha value is -10.5. The molecule has 1 aliphatic carbocycles. The standard InChI is InChI=1S/C72H85N19O18S5/c1-14-26(3)47-63(105)78-30(7)57(99)75-28(5)56(98)76-31(8)58(100)91-72-19-18-40(66-85-43(22-111-66)59(101)77-29(6)55(97)74-27(4)54(73)96)81-52(72)42-21-112-67(83-42)49(34(11)109-69(107)41-20-37(32(9)92)36-16-17-39(79-47)51(95)50(36)80-41)89-60(102)44-24-113-68(86-44)53(71(13,108)35(12)94)90-62(104)45-23-110-65(84-45)38(15-2)82-64(106)48(33(10)93)88-61(103)46-25-114-70(72)87-46/h15-17,20-22,24-26,30-35,39,45,47-49,51-53,79,92-95,108H,4-6,14,18-19,23H2,1-3,7-13H3,(H2,73,96)(H,74,97)(H,75,99)(H,76,98)(H,77,101)(H,78,105)(H,82,106)(H,88,103)(H,89,102)(H,90,104)(H,91,100)/b38-15-. The van der Waals surface area contributed by atoms with Crippen molar-refractivity contribution in [3.05, 3.63) is 148 Å². The number of nitrogens with zero attached hydrogens (tertiary/aromatic N) is 17. The summed E-state index contributed by atoms with van der Waals surface area (Å²) >= 11 is 4.59. The molecule has 606 valence electrons. The number of carbonyl (C=O) groups is 1. The van der Waals surface area contributed by atoms with Crippen LogP contribution in [0, 0.1) is 11.3 Å². The van der Waals surface area contributed by atoms with Gasteiger partial charge in [0.05, 0.1) is 53.2 Å². The van der Waals surface area contributed by atoms with Gasteiger partial charge in [0, 0.05) is 32.8 Å². The number of aliphatic imine (C=N–C) groups is 12. The van der Waals surface area contributed by atoms with Crippen molar-refractivity contribution in [1.82, 2.24) is 30.2 Å². The molecule has 13 bridgehead atoms. The molecule has 0 aromatic carbocycles. The van der Waals surface area contributed by atoms with Crippen LogP contribution in [0.3, 0.4) is 0 Å². The Morgan fingerprint density at radius 3 is 2.13 bits per heavy atom. The van der Waals surface area contributed by atoms with Crippen molar-refractivity contribution in [3.63, 3.8) is 0 Å². The monoisotopic (exact) mass is 1660 g/mol. The first kappa shape index (κ1) is 85.9. The van der Waals surface area contributed by atoms with Gasteiger partial charge in [-0.1, -0.05) is 58.2 Å². The van der Waals surface area contributed by atoms with Gasteiger partial charge < -0.3 is 86.4 Å². The maximum absolute atomic E-state index is 15.1. The van der Waals surface area contributed by atoms with Crippen LogP contribution in [-0.2, 0) is 10.3 Å². The van der Waals surface area contributed by atoms with E-state index in [4.69, 9.17) is 35.1 Å². The predicted molar refractivity (Wildman–Crippen MR) is 438 cm³/mol. The normalized spacial score (nSPS) is 27.3. The van der Waals surface area contributed by atoms with Gasteiger partial charge in [0.1, 0.15) is 125 Å². The van der Waals surface area contributed by atoms with Gasteiger partial charge in [-0.15, -0.1) is 57.1 Å². The van der Waals surface area contributed by atoms with Crippen LogP contribution in [0.1, 0.15) is 189 Å². The number of fused-ring (bicyclic) bond motifs is 7. The zero-order chi connectivity index (χ0) is 83.4.